The van der Waals surface area contributed by atoms with Crippen LogP contribution in [0.25, 0.3) is 0 Å². The Balaban J connectivity index is 4.57. The van der Waals surface area contributed by atoms with E-state index >= 15 is 0 Å². The lowest BCUT2D eigenvalue weighted by Crippen LogP contribution is -2.30. The predicted molar refractivity (Wildman–Crippen MR) is 247 cm³/mol. The molecule has 0 aromatic heterocycles. The third-order valence-corrected chi connectivity index (χ3v) is 9.18. The second-order valence-corrected chi connectivity index (χ2v) is 14.7. The first-order valence-electron chi connectivity index (χ1n) is 23.0. The van der Waals surface area contributed by atoms with Gasteiger partial charge >= 0.3 is 17.9 Å². The van der Waals surface area contributed by atoms with Crippen molar-refractivity contribution in [1.82, 2.24) is 0 Å². The maximum absolute atomic E-state index is 12.7. The van der Waals surface area contributed by atoms with Crippen LogP contribution in [-0.4, -0.2) is 37.2 Å². The first kappa shape index (κ1) is 54.1. The minimum Gasteiger partial charge on any atom is -0.462 e. The van der Waals surface area contributed by atoms with E-state index in [1.54, 1.807) is 0 Å². The molecule has 0 heterocycles. The summed E-state index contributed by atoms with van der Waals surface area (Å²) in [5.41, 5.74) is 0. The molecule has 0 fully saturated rings. The Morgan fingerprint density at radius 1 is 0.362 bits per heavy atom. The van der Waals surface area contributed by atoms with Gasteiger partial charge < -0.3 is 14.2 Å². The number of allylic oxidation sites excluding steroid dienone is 18. The van der Waals surface area contributed by atoms with Gasteiger partial charge in [-0.15, -0.1) is 0 Å². The summed E-state index contributed by atoms with van der Waals surface area (Å²) in [6.45, 7) is 6.23. The standard InChI is InChI=1S/C52H82O6/c1-4-7-10-13-16-19-22-25-28-30-33-36-39-42-45-51(54)57-48-49(58-52(55)46-43-40-37-34-31-27-24-21-18-15-12-9-6-3)47-56-50(53)44-41-38-35-32-29-26-23-20-17-14-11-8-5-2/h8-9,11-12,14-15,17-18,20-21,23-24,27-28,30-31,34,37,49H,4-7,10,13,16,19,22,25-26,29,32-33,35-36,38-48H2,1-3H3/b11-8-,12-9-,17-14-,18-15-,23-20-,24-21-,30-28-,31-27-,37-34-. The van der Waals surface area contributed by atoms with Crippen molar-refractivity contribution >= 4 is 17.9 Å². The lowest BCUT2D eigenvalue weighted by molar-refractivity contribution is -0.167. The molecule has 0 spiro atoms. The van der Waals surface area contributed by atoms with Crippen LogP contribution in [0.2, 0.25) is 0 Å². The van der Waals surface area contributed by atoms with E-state index in [0.717, 1.165) is 89.9 Å². The van der Waals surface area contributed by atoms with Crippen molar-refractivity contribution < 1.29 is 28.6 Å². The van der Waals surface area contributed by atoms with Crippen molar-refractivity contribution in [2.45, 2.75) is 187 Å². The number of unbranched alkanes of at least 4 members (excludes halogenated alkanes) is 16. The Morgan fingerprint density at radius 3 is 1.17 bits per heavy atom. The van der Waals surface area contributed by atoms with Gasteiger partial charge in [0.05, 0.1) is 0 Å². The molecule has 0 saturated heterocycles. The number of carbonyl (C=O) groups excluding carboxylic acids is 3. The average molecular weight is 803 g/mol. The molecule has 0 aromatic carbocycles. The Kier molecular flexibility index (Phi) is 42.7. The highest BCUT2D eigenvalue weighted by atomic mass is 16.6. The van der Waals surface area contributed by atoms with Crippen molar-refractivity contribution in [1.29, 1.82) is 0 Å². The summed E-state index contributed by atoms with van der Waals surface area (Å²) in [5.74, 6) is -1.05. The van der Waals surface area contributed by atoms with E-state index in [1.165, 1.54) is 44.9 Å². The van der Waals surface area contributed by atoms with Crippen molar-refractivity contribution in [3.8, 4) is 0 Å². The minimum absolute atomic E-state index is 0.124. The van der Waals surface area contributed by atoms with Crippen LogP contribution in [0.1, 0.15) is 181 Å². The second kappa shape index (κ2) is 45.8. The first-order chi connectivity index (χ1) is 28.5. The largest absolute Gasteiger partial charge is 0.462 e. The molecule has 0 radical (unpaired) electrons. The molecule has 6 heteroatoms. The van der Waals surface area contributed by atoms with Crippen LogP contribution in [0.5, 0.6) is 0 Å². The Hall–Kier alpha value is -3.93. The van der Waals surface area contributed by atoms with Gasteiger partial charge in [0.15, 0.2) is 6.10 Å². The molecule has 326 valence electrons. The van der Waals surface area contributed by atoms with E-state index in [1.807, 2.05) is 60.8 Å². The van der Waals surface area contributed by atoms with Gasteiger partial charge in [-0.25, -0.2) is 0 Å². The number of carbonyl (C=O) groups is 3. The number of rotatable bonds is 39. The zero-order valence-electron chi connectivity index (χ0n) is 37.0. The van der Waals surface area contributed by atoms with Crippen molar-refractivity contribution in [2.75, 3.05) is 13.2 Å². The SMILES string of the molecule is CC\C=C/C=C\C=C/C=C\C=C/CCCC(=O)OC(COC(=O)CCCCC/C=C\CCCCCCCCC)COC(=O)CCCCCCC\C=C/C=C\C=C/CC. The fourth-order valence-corrected chi connectivity index (χ4v) is 5.76. The van der Waals surface area contributed by atoms with Crippen LogP contribution < -0.4 is 0 Å². The highest BCUT2D eigenvalue weighted by Gasteiger charge is 2.19. The first-order valence-corrected chi connectivity index (χ1v) is 23.0. The monoisotopic (exact) mass is 803 g/mol. The molecular formula is C52H82O6. The van der Waals surface area contributed by atoms with E-state index in [9.17, 15) is 14.4 Å². The summed E-state index contributed by atoms with van der Waals surface area (Å²) in [6.07, 6.45) is 60.8. The number of hydrogen-bond donors (Lipinski definition) is 0. The molecule has 6 nitrogen and oxygen atoms in total. The lowest BCUT2D eigenvalue weighted by Gasteiger charge is -2.18. The van der Waals surface area contributed by atoms with E-state index in [0.29, 0.717) is 19.3 Å². The van der Waals surface area contributed by atoms with Gasteiger partial charge in [-0.05, 0) is 77.0 Å². The van der Waals surface area contributed by atoms with Crippen LogP contribution in [0.4, 0.5) is 0 Å². The molecule has 0 aliphatic heterocycles. The maximum atomic E-state index is 12.7. The summed E-state index contributed by atoms with van der Waals surface area (Å²) < 4.78 is 16.6. The van der Waals surface area contributed by atoms with Gasteiger partial charge in [0, 0.05) is 19.3 Å². The Bertz CT molecular complexity index is 1240. The van der Waals surface area contributed by atoms with E-state index < -0.39 is 12.1 Å². The van der Waals surface area contributed by atoms with Gasteiger partial charge in [0.1, 0.15) is 13.2 Å². The normalized spacial score (nSPS) is 13.1. The summed E-state index contributed by atoms with van der Waals surface area (Å²) in [4.78, 5) is 37.7. The van der Waals surface area contributed by atoms with Crippen LogP contribution >= 0.6 is 0 Å². The quantitative estimate of drug-likeness (QED) is 0.0202. The van der Waals surface area contributed by atoms with E-state index in [2.05, 4.69) is 69.4 Å². The summed E-state index contributed by atoms with van der Waals surface area (Å²) in [6, 6.07) is 0. The molecule has 0 saturated carbocycles. The van der Waals surface area contributed by atoms with Crippen molar-refractivity contribution in [3.63, 3.8) is 0 Å². The van der Waals surface area contributed by atoms with E-state index in [-0.39, 0.29) is 31.6 Å². The summed E-state index contributed by atoms with van der Waals surface area (Å²) in [7, 11) is 0. The number of esters is 3. The number of hydrogen-bond acceptors (Lipinski definition) is 6. The Labute approximate surface area is 355 Å². The Morgan fingerprint density at radius 2 is 0.707 bits per heavy atom. The average Bonchev–Trinajstić information content (AvgIpc) is 3.22. The molecule has 0 bridgehead atoms. The third kappa shape index (κ3) is 43.2. The molecule has 0 aromatic rings. The molecule has 58 heavy (non-hydrogen) atoms. The van der Waals surface area contributed by atoms with Gasteiger partial charge in [-0.2, -0.15) is 0 Å². The molecule has 0 N–H and O–H groups in total. The highest BCUT2D eigenvalue weighted by Crippen LogP contribution is 2.12. The number of ether oxygens (including phenoxy) is 3. The fourth-order valence-electron chi connectivity index (χ4n) is 5.76. The van der Waals surface area contributed by atoms with Crippen LogP contribution in [0.15, 0.2) is 109 Å². The van der Waals surface area contributed by atoms with Crippen molar-refractivity contribution in [2.24, 2.45) is 0 Å². The maximum Gasteiger partial charge on any atom is 0.306 e. The molecule has 0 aliphatic carbocycles. The minimum atomic E-state index is -0.829. The molecule has 0 amide bonds. The molecule has 0 aliphatic rings. The third-order valence-electron chi connectivity index (χ3n) is 9.18. The van der Waals surface area contributed by atoms with Crippen LogP contribution in [-0.2, 0) is 28.6 Å². The molecule has 1 unspecified atom stereocenters. The fraction of sp³-hybridized carbons (Fsp3) is 0.596. The van der Waals surface area contributed by atoms with Crippen molar-refractivity contribution in [3.05, 3.63) is 109 Å². The highest BCUT2D eigenvalue weighted by molar-refractivity contribution is 5.71. The van der Waals surface area contributed by atoms with Gasteiger partial charge in [0.25, 0.3) is 0 Å². The van der Waals surface area contributed by atoms with Gasteiger partial charge in [-0.3, -0.25) is 14.4 Å². The van der Waals surface area contributed by atoms with Crippen LogP contribution in [0, 0.1) is 0 Å². The molecule has 1 atom stereocenters. The summed E-state index contributed by atoms with van der Waals surface area (Å²) in [5, 5.41) is 0. The second-order valence-electron chi connectivity index (χ2n) is 14.7. The predicted octanol–water partition coefficient (Wildman–Crippen LogP) is 14.8. The van der Waals surface area contributed by atoms with Crippen LogP contribution in [0.3, 0.4) is 0 Å². The zero-order chi connectivity index (χ0) is 42.3. The zero-order valence-corrected chi connectivity index (χ0v) is 37.0. The summed E-state index contributed by atoms with van der Waals surface area (Å²) >= 11 is 0. The molecule has 0 rings (SSSR count). The van der Waals surface area contributed by atoms with Gasteiger partial charge in [-0.1, -0.05) is 194 Å². The lowest BCUT2D eigenvalue weighted by atomic mass is 10.1. The smallest absolute Gasteiger partial charge is 0.306 e. The van der Waals surface area contributed by atoms with E-state index in [4.69, 9.17) is 14.2 Å². The van der Waals surface area contributed by atoms with Gasteiger partial charge in [0.2, 0.25) is 0 Å². The topological polar surface area (TPSA) is 78.9 Å². The molecular weight excluding hydrogens is 721 g/mol.